The molecule has 0 atom stereocenters. The van der Waals surface area contributed by atoms with E-state index in [1.54, 1.807) is 47.4 Å². The number of aromatic nitrogens is 1. The van der Waals surface area contributed by atoms with E-state index in [9.17, 15) is 17.6 Å². The average Bonchev–Trinajstić information content (AvgIpc) is 3.27. The van der Waals surface area contributed by atoms with Crippen LogP contribution in [0.4, 0.5) is 4.39 Å². The topological polar surface area (TPSA) is 83.7 Å². The number of amides is 1. The normalized spacial score (nSPS) is 15.1. The van der Waals surface area contributed by atoms with Gasteiger partial charge in [0.05, 0.1) is 16.7 Å². The molecule has 1 aliphatic rings. The molecule has 1 fully saturated rings. The fraction of sp³-hybridized carbons (Fsp3) is 0.304. The van der Waals surface area contributed by atoms with Gasteiger partial charge in [0.15, 0.2) is 11.7 Å². The van der Waals surface area contributed by atoms with Crippen LogP contribution in [-0.2, 0) is 21.2 Å². The molecule has 1 aliphatic heterocycles. The molecule has 2 heterocycles. The molecule has 1 amide bonds. The van der Waals surface area contributed by atoms with Crippen LogP contribution in [-0.4, -0.2) is 54.7 Å². The number of carbonyl (C=O) groups excluding carboxylic acids is 1. The maximum absolute atomic E-state index is 13.9. The van der Waals surface area contributed by atoms with Gasteiger partial charge in [-0.3, -0.25) is 4.79 Å². The first kappa shape index (κ1) is 22.2. The zero-order valence-corrected chi connectivity index (χ0v) is 18.5. The predicted octanol–water partition coefficient (Wildman–Crippen LogP) is 3.25. The van der Waals surface area contributed by atoms with Crippen molar-refractivity contribution in [2.75, 3.05) is 26.2 Å². The molecule has 7 nitrogen and oxygen atoms in total. The van der Waals surface area contributed by atoms with Crippen molar-refractivity contribution >= 4 is 15.9 Å². The van der Waals surface area contributed by atoms with Crippen molar-refractivity contribution in [1.82, 2.24) is 14.2 Å². The van der Waals surface area contributed by atoms with E-state index in [2.05, 4.69) is 4.98 Å². The second-order valence-electron chi connectivity index (χ2n) is 7.70. The van der Waals surface area contributed by atoms with Gasteiger partial charge >= 0.3 is 0 Å². The van der Waals surface area contributed by atoms with Gasteiger partial charge in [-0.2, -0.15) is 4.31 Å². The number of aryl methyl sites for hydroxylation is 2. The molecule has 32 heavy (non-hydrogen) atoms. The molecule has 9 heteroatoms. The summed E-state index contributed by atoms with van der Waals surface area (Å²) < 4.78 is 46.5. The molecule has 4 rings (SSSR count). The van der Waals surface area contributed by atoms with Gasteiger partial charge in [0.2, 0.25) is 15.9 Å². The number of hydrogen-bond donors (Lipinski definition) is 0. The minimum Gasteiger partial charge on any atom is -0.441 e. The summed E-state index contributed by atoms with van der Waals surface area (Å²) in [5.74, 6) is 0.186. The minimum absolute atomic E-state index is 0.0944. The maximum atomic E-state index is 13.9. The quantitative estimate of drug-likeness (QED) is 0.567. The van der Waals surface area contributed by atoms with Crippen molar-refractivity contribution in [3.8, 4) is 11.3 Å². The highest BCUT2D eigenvalue weighted by molar-refractivity contribution is 7.89. The smallest absolute Gasteiger partial charge is 0.243 e. The van der Waals surface area contributed by atoms with Crippen molar-refractivity contribution in [1.29, 1.82) is 0 Å². The van der Waals surface area contributed by atoms with E-state index in [1.807, 2.05) is 6.92 Å². The second-order valence-corrected chi connectivity index (χ2v) is 9.63. The summed E-state index contributed by atoms with van der Waals surface area (Å²) in [7, 11) is -3.57. The van der Waals surface area contributed by atoms with E-state index in [0.717, 1.165) is 5.56 Å². The Morgan fingerprint density at radius 3 is 2.44 bits per heavy atom. The first-order chi connectivity index (χ1) is 15.3. The number of piperazine rings is 1. The highest BCUT2D eigenvalue weighted by atomic mass is 32.2. The van der Waals surface area contributed by atoms with Crippen LogP contribution < -0.4 is 0 Å². The Morgan fingerprint density at radius 2 is 1.75 bits per heavy atom. The lowest BCUT2D eigenvalue weighted by atomic mass is 10.2. The summed E-state index contributed by atoms with van der Waals surface area (Å²) in [4.78, 5) is 18.7. The van der Waals surface area contributed by atoms with E-state index in [4.69, 9.17) is 4.42 Å². The van der Waals surface area contributed by atoms with Gasteiger partial charge in [-0.15, -0.1) is 0 Å². The van der Waals surface area contributed by atoms with E-state index >= 15 is 0 Å². The Labute approximate surface area is 186 Å². The van der Waals surface area contributed by atoms with E-state index < -0.39 is 15.8 Å². The van der Waals surface area contributed by atoms with E-state index in [0.29, 0.717) is 30.3 Å². The maximum Gasteiger partial charge on any atom is 0.243 e. The molecule has 0 spiro atoms. The van der Waals surface area contributed by atoms with Crippen LogP contribution in [0.5, 0.6) is 0 Å². The molecule has 3 aromatic rings. The van der Waals surface area contributed by atoms with Crippen molar-refractivity contribution < 1.29 is 22.0 Å². The summed E-state index contributed by atoms with van der Waals surface area (Å²) in [5.41, 5.74) is 1.31. The van der Waals surface area contributed by atoms with Crippen LogP contribution in [0.25, 0.3) is 11.3 Å². The summed E-state index contributed by atoms with van der Waals surface area (Å²) in [5, 5.41) is 0. The number of hydrogen-bond acceptors (Lipinski definition) is 5. The molecule has 0 unspecified atom stereocenters. The molecule has 0 radical (unpaired) electrons. The number of oxazole rings is 1. The highest BCUT2D eigenvalue weighted by Gasteiger charge is 2.30. The van der Waals surface area contributed by atoms with Crippen molar-refractivity contribution in [2.45, 2.75) is 24.7 Å². The number of nitrogens with zero attached hydrogens (tertiary/aromatic N) is 3. The molecule has 0 N–H and O–H groups in total. The van der Waals surface area contributed by atoms with Crippen molar-refractivity contribution in [3.63, 3.8) is 0 Å². The monoisotopic (exact) mass is 457 g/mol. The molecular weight excluding hydrogens is 433 g/mol. The predicted molar refractivity (Wildman–Crippen MR) is 117 cm³/mol. The van der Waals surface area contributed by atoms with Crippen LogP contribution in [0, 0.1) is 12.7 Å². The third-order valence-electron chi connectivity index (χ3n) is 5.50. The lowest BCUT2D eigenvalue weighted by Gasteiger charge is -2.34. The van der Waals surface area contributed by atoms with Gasteiger partial charge in [0.25, 0.3) is 0 Å². The van der Waals surface area contributed by atoms with Crippen LogP contribution in [0.15, 0.2) is 64.0 Å². The molecule has 1 saturated heterocycles. The third kappa shape index (κ3) is 4.73. The van der Waals surface area contributed by atoms with Crippen molar-refractivity contribution in [2.24, 2.45) is 0 Å². The Bertz CT molecular complexity index is 1200. The second kappa shape index (κ2) is 9.22. The fourth-order valence-electron chi connectivity index (χ4n) is 3.62. The number of rotatable bonds is 6. The van der Waals surface area contributed by atoms with E-state index in [1.165, 1.54) is 16.6 Å². The molecule has 0 saturated carbocycles. The van der Waals surface area contributed by atoms with Crippen LogP contribution in [0.3, 0.4) is 0 Å². The lowest BCUT2D eigenvalue weighted by molar-refractivity contribution is -0.132. The Balaban J connectivity index is 1.31. The Kier molecular flexibility index (Phi) is 6.38. The lowest BCUT2D eigenvalue weighted by Crippen LogP contribution is -2.50. The molecular formula is C23H24FN3O4S. The fourth-order valence-corrected chi connectivity index (χ4v) is 5.04. The van der Waals surface area contributed by atoms with E-state index in [-0.39, 0.29) is 36.7 Å². The van der Waals surface area contributed by atoms with Crippen LogP contribution >= 0.6 is 0 Å². The highest BCUT2D eigenvalue weighted by Crippen LogP contribution is 2.24. The standard InChI is InChI=1S/C23H24FN3O4S/c1-17-6-8-18(9-7-17)32(29,30)27-14-12-26(13-15-27)23(28)11-10-22-25-16-21(31-22)19-4-2-3-5-20(19)24/h2-9,16H,10-15H2,1H3. The van der Waals surface area contributed by atoms with Crippen molar-refractivity contribution in [3.05, 3.63) is 72.0 Å². The number of carbonyl (C=O) groups is 1. The number of sulfonamides is 1. The zero-order chi connectivity index (χ0) is 22.7. The van der Waals surface area contributed by atoms with Gasteiger partial charge < -0.3 is 9.32 Å². The zero-order valence-electron chi connectivity index (χ0n) is 17.7. The van der Waals surface area contributed by atoms with Gasteiger partial charge in [-0.05, 0) is 31.2 Å². The largest absolute Gasteiger partial charge is 0.441 e. The third-order valence-corrected chi connectivity index (χ3v) is 7.41. The summed E-state index contributed by atoms with van der Waals surface area (Å²) in [6, 6.07) is 13.0. The molecule has 2 aromatic carbocycles. The Morgan fingerprint density at radius 1 is 1.06 bits per heavy atom. The van der Waals surface area contributed by atoms with Crippen LogP contribution in [0.2, 0.25) is 0 Å². The van der Waals surface area contributed by atoms with Gasteiger partial charge in [-0.1, -0.05) is 29.8 Å². The van der Waals surface area contributed by atoms with Gasteiger partial charge in [-0.25, -0.2) is 17.8 Å². The van der Waals surface area contributed by atoms with Gasteiger partial charge in [0.1, 0.15) is 5.82 Å². The summed E-state index contributed by atoms with van der Waals surface area (Å²) in [6.45, 7) is 3.06. The van der Waals surface area contributed by atoms with Gasteiger partial charge in [0, 0.05) is 39.0 Å². The first-order valence-electron chi connectivity index (χ1n) is 10.4. The average molecular weight is 458 g/mol. The molecule has 0 bridgehead atoms. The summed E-state index contributed by atoms with van der Waals surface area (Å²) in [6.07, 6.45) is 1.92. The molecule has 0 aliphatic carbocycles. The SMILES string of the molecule is Cc1ccc(S(=O)(=O)N2CCN(C(=O)CCc3ncc(-c4ccccc4F)o3)CC2)cc1. The van der Waals surface area contributed by atoms with Crippen LogP contribution in [0.1, 0.15) is 17.9 Å². The first-order valence-corrected chi connectivity index (χ1v) is 11.8. The molecule has 1 aromatic heterocycles. The Hall–Kier alpha value is -3.04. The number of benzene rings is 2. The molecule has 168 valence electrons. The minimum atomic E-state index is -3.57. The summed E-state index contributed by atoms with van der Waals surface area (Å²) >= 11 is 0. The number of halogens is 1.